The van der Waals surface area contributed by atoms with Crippen molar-refractivity contribution in [1.29, 1.82) is 0 Å². The molecule has 0 bridgehead atoms. The lowest BCUT2D eigenvalue weighted by Crippen LogP contribution is -2.38. The van der Waals surface area contributed by atoms with Crippen LogP contribution in [0.3, 0.4) is 0 Å². The van der Waals surface area contributed by atoms with Crippen molar-refractivity contribution in [2.45, 2.75) is 44.9 Å². The Kier molecular flexibility index (Phi) is 6.11. The number of rotatable bonds is 5. The van der Waals surface area contributed by atoms with Crippen molar-refractivity contribution < 1.29 is 14.6 Å². The number of aliphatic hydroxyl groups is 1. The molecule has 1 amide bonds. The number of benzene rings is 1. The zero-order chi connectivity index (χ0) is 22.8. The number of aromatic nitrogens is 3. The van der Waals surface area contributed by atoms with E-state index in [9.17, 15) is 9.90 Å². The molecule has 0 spiro atoms. The van der Waals surface area contributed by atoms with Crippen LogP contribution in [0.5, 0.6) is 0 Å². The van der Waals surface area contributed by atoms with E-state index >= 15 is 0 Å². The number of anilines is 3. The van der Waals surface area contributed by atoms with Crippen LogP contribution >= 0.6 is 0 Å². The van der Waals surface area contributed by atoms with Gasteiger partial charge in [-0.15, -0.1) is 0 Å². The third-order valence-corrected chi connectivity index (χ3v) is 6.68. The monoisotopic (exact) mass is 447 g/mol. The molecule has 3 heterocycles. The zero-order valence-corrected chi connectivity index (χ0v) is 18.8. The van der Waals surface area contributed by atoms with Crippen molar-refractivity contribution in [3.63, 3.8) is 0 Å². The van der Waals surface area contributed by atoms with E-state index < -0.39 is 0 Å². The number of nitrogens with zero attached hydrogens (tertiary/aromatic N) is 4. The van der Waals surface area contributed by atoms with Crippen LogP contribution in [0.15, 0.2) is 48.9 Å². The predicted molar refractivity (Wildman–Crippen MR) is 126 cm³/mol. The van der Waals surface area contributed by atoms with Crippen LogP contribution in [-0.4, -0.2) is 45.6 Å². The van der Waals surface area contributed by atoms with Crippen LogP contribution in [0.1, 0.15) is 31.2 Å². The minimum Gasteiger partial charge on any atom is -0.394 e. The second kappa shape index (κ2) is 9.33. The number of fused-ring (bicyclic) bond motifs is 2. The topological polar surface area (TPSA) is 92.5 Å². The first kappa shape index (κ1) is 21.6. The number of pyridine rings is 1. The van der Waals surface area contributed by atoms with Gasteiger partial charge in [0.1, 0.15) is 5.82 Å². The van der Waals surface area contributed by atoms with Crippen molar-refractivity contribution in [1.82, 2.24) is 14.8 Å². The van der Waals surface area contributed by atoms with Gasteiger partial charge in [0.05, 0.1) is 43.4 Å². The highest BCUT2D eigenvalue weighted by atomic mass is 16.5. The first-order chi connectivity index (χ1) is 16.2. The summed E-state index contributed by atoms with van der Waals surface area (Å²) in [5.41, 5.74) is 4.61. The highest BCUT2D eigenvalue weighted by molar-refractivity contribution is 6.00. The van der Waals surface area contributed by atoms with Crippen molar-refractivity contribution in [2.24, 2.45) is 5.92 Å². The van der Waals surface area contributed by atoms with Crippen LogP contribution < -0.4 is 10.2 Å². The highest BCUT2D eigenvalue weighted by Crippen LogP contribution is 2.39. The Morgan fingerprint density at radius 2 is 2.06 bits per heavy atom. The zero-order valence-electron chi connectivity index (χ0n) is 18.8. The quantitative estimate of drug-likeness (QED) is 0.619. The van der Waals surface area contributed by atoms with Gasteiger partial charge in [0, 0.05) is 36.5 Å². The van der Waals surface area contributed by atoms with Crippen LogP contribution in [0.4, 0.5) is 17.2 Å². The van der Waals surface area contributed by atoms with Gasteiger partial charge in [-0.1, -0.05) is 12.1 Å². The standard InChI is InChI=1S/C25H29N5O3/c1-33-21-7-4-17(5-8-21)25(32)30-16-19-3-2-10-26-24(19)28-22-9-6-18(13-23(22)30)20-14-27-29(15-20)11-12-31/h2-3,6,9-10,13-15,17,21,31H,4-5,7-8,11-12,16H2,1H3,(H,26,28)/t17-,21-. The van der Waals surface area contributed by atoms with Gasteiger partial charge in [-0.25, -0.2) is 4.98 Å². The molecule has 2 aliphatic rings. The van der Waals surface area contributed by atoms with Crippen molar-refractivity contribution in [2.75, 3.05) is 23.9 Å². The van der Waals surface area contributed by atoms with Crippen molar-refractivity contribution in [3.8, 4) is 11.1 Å². The Bertz CT molecular complexity index is 1140. The second-order valence-electron chi connectivity index (χ2n) is 8.72. The summed E-state index contributed by atoms with van der Waals surface area (Å²) in [4.78, 5) is 20.2. The third kappa shape index (κ3) is 4.36. The lowest BCUT2D eigenvalue weighted by atomic mass is 9.86. The van der Waals surface area contributed by atoms with E-state index in [1.165, 1.54) is 0 Å². The third-order valence-electron chi connectivity index (χ3n) is 6.68. The SMILES string of the molecule is CO[C@H]1CC[C@H](C(=O)N2Cc3cccnc3Nc3ccc(-c4cnn(CCO)c4)cc32)CC1. The summed E-state index contributed by atoms with van der Waals surface area (Å²) >= 11 is 0. The van der Waals surface area contributed by atoms with Gasteiger partial charge in [-0.2, -0.15) is 5.10 Å². The van der Waals surface area contributed by atoms with Gasteiger partial charge in [0.25, 0.3) is 0 Å². The van der Waals surface area contributed by atoms with E-state index in [4.69, 9.17) is 4.74 Å². The summed E-state index contributed by atoms with van der Waals surface area (Å²) in [6.07, 6.45) is 9.21. The Morgan fingerprint density at radius 3 is 2.85 bits per heavy atom. The fraction of sp³-hybridized carbons (Fsp3) is 0.400. The molecule has 2 aromatic heterocycles. The molecule has 172 valence electrons. The minimum atomic E-state index is -0.0153. The number of ether oxygens (including phenoxy) is 1. The average Bonchev–Trinajstić information content (AvgIpc) is 3.25. The van der Waals surface area contributed by atoms with E-state index in [1.807, 2.05) is 41.4 Å². The van der Waals surface area contributed by atoms with E-state index in [2.05, 4.69) is 15.4 Å². The predicted octanol–water partition coefficient (Wildman–Crippen LogP) is 3.73. The second-order valence-corrected chi connectivity index (χ2v) is 8.72. The fourth-order valence-electron chi connectivity index (χ4n) is 4.80. The molecule has 1 aliphatic heterocycles. The Balaban J connectivity index is 1.51. The summed E-state index contributed by atoms with van der Waals surface area (Å²) in [6.45, 7) is 0.954. The molecule has 33 heavy (non-hydrogen) atoms. The summed E-state index contributed by atoms with van der Waals surface area (Å²) in [5, 5.41) is 17.0. The molecular weight excluding hydrogens is 418 g/mol. The Labute approximate surface area is 193 Å². The van der Waals surface area contributed by atoms with Crippen molar-refractivity contribution in [3.05, 3.63) is 54.5 Å². The lowest BCUT2D eigenvalue weighted by molar-refractivity contribution is -0.124. The van der Waals surface area contributed by atoms with E-state index in [-0.39, 0.29) is 24.5 Å². The molecular formula is C25H29N5O3. The number of methoxy groups -OCH3 is 1. The van der Waals surface area contributed by atoms with Gasteiger partial charge in [-0.05, 0) is 49.4 Å². The maximum Gasteiger partial charge on any atom is 0.230 e. The molecule has 5 rings (SSSR count). The van der Waals surface area contributed by atoms with E-state index in [1.54, 1.807) is 24.2 Å². The molecule has 8 heteroatoms. The van der Waals surface area contributed by atoms with Gasteiger partial charge in [0.2, 0.25) is 5.91 Å². The summed E-state index contributed by atoms with van der Waals surface area (Å²) < 4.78 is 7.22. The first-order valence-electron chi connectivity index (χ1n) is 11.5. The number of aliphatic hydroxyl groups excluding tert-OH is 1. The number of hydrogen-bond acceptors (Lipinski definition) is 6. The Morgan fingerprint density at radius 1 is 1.21 bits per heavy atom. The van der Waals surface area contributed by atoms with Crippen LogP contribution in [0, 0.1) is 5.92 Å². The van der Waals surface area contributed by atoms with Crippen molar-refractivity contribution >= 4 is 23.1 Å². The molecule has 0 unspecified atom stereocenters. The van der Waals surface area contributed by atoms with Crippen LogP contribution in [0.25, 0.3) is 11.1 Å². The van der Waals surface area contributed by atoms with Gasteiger partial charge in [0.15, 0.2) is 0 Å². The number of carbonyl (C=O) groups is 1. The number of hydrogen-bond donors (Lipinski definition) is 2. The molecule has 1 fully saturated rings. The van der Waals surface area contributed by atoms with Crippen LogP contribution in [-0.2, 0) is 22.6 Å². The summed E-state index contributed by atoms with van der Waals surface area (Å²) in [6, 6.07) is 9.99. The smallest absolute Gasteiger partial charge is 0.230 e. The maximum atomic E-state index is 13.8. The molecule has 1 saturated carbocycles. The van der Waals surface area contributed by atoms with Gasteiger partial charge < -0.3 is 20.1 Å². The van der Waals surface area contributed by atoms with Gasteiger partial charge in [-0.3, -0.25) is 9.48 Å². The first-order valence-corrected chi connectivity index (χ1v) is 11.5. The number of carbonyl (C=O) groups excluding carboxylic acids is 1. The number of amides is 1. The molecule has 0 saturated heterocycles. The highest BCUT2D eigenvalue weighted by Gasteiger charge is 2.33. The summed E-state index contributed by atoms with van der Waals surface area (Å²) in [5.74, 6) is 0.913. The molecule has 1 aromatic carbocycles. The maximum absolute atomic E-state index is 13.8. The normalized spacial score (nSPS) is 19.9. The van der Waals surface area contributed by atoms with Gasteiger partial charge >= 0.3 is 0 Å². The van der Waals surface area contributed by atoms with Crippen LogP contribution in [0.2, 0.25) is 0 Å². The molecule has 0 atom stereocenters. The largest absolute Gasteiger partial charge is 0.394 e. The average molecular weight is 448 g/mol. The lowest BCUT2D eigenvalue weighted by Gasteiger charge is -2.32. The fourth-order valence-corrected chi connectivity index (χ4v) is 4.80. The summed E-state index contributed by atoms with van der Waals surface area (Å²) in [7, 11) is 1.75. The van der Waals surface area contributed by atoms with E-state index in [0.717, 1.165) is 59.6 Å². The molecule has 3 aromatic rings. The molecule has 0 radical (unpaired) electrons. The Hall–Kier alpha value is -3.23. The molecule has 8 nitrogen and oxygen atoms in total. The molecule has 1 aliphatic carbocycles. The minimum absolute atomic E-state index is 0.0153. The van der Waals surface area contributed by atoms with E-state index in [0.29, 0.717) is 13.1 Å². The number of nitrogens with one attached hydrogen (secondary N) is 1. The molecule has 2 N–H and O–H groups in total.